The number of carboxylic acid groups (broad SMARTS) is 1. The third-order valence-corrected chi connectivity index (χ3v) is 6.56. The van der Waals surface area contributed by atoms with Crippen molar-refractivity contribution in [3.63, 3.8) is 0 Å². The summed E-state index contributed by atoms with van der Waals surface area (Å²) in [5, 5.41) is 18.6. The van der Waals surface area contributed by atoms with Crippen molar-refractivity contribution in [1.82, 2.24) is 20.9 Å². The van der Waals surface area contributed by atoms with Gasteiger partial charge in [0, 0.05) is 30.1 Å². The van der Waals surface area contributed by atoms with E-state index in [4.69, 9.17) is 17.2 Å². The van der Waals surface area contributed by atoms with E-state index >= 15 is 0 Å². The molecule has 13 heteroatoms. The Morgan fingerprint density at radius 1 is 0.925 bits per heavy atom. The number of rotatable bonds is 15. The maximum absolute atomic E-state index is 13.3. The number of hydrogen-bond donors (Lipinski definition) is 8. The summed E-state index contributed by atoms with van der Waals surface area (Å²) in [6.07, 6.45) is 2.18. The molecule has 0 spiro atoms. The van der Waals surface area contributed by atoms with Gasteiger partial charge in [0.25, 0.3) is 0 Å². The Kier molecular flexibility index (Phi) is 11.9. The van der Waals surface area contributed by atoms with Crippen molar-refractivity contribution >= 4 is 40.6 Å². The lowest BCUT2D eigenvalue weighted by molar-refractivity contribution is -0.142. The fourth-order valence-corrected chi connectivity index (χ4v) is 4.11. The maximum atomic E-state index is 13.3. The van der Waals surface area contributed by atoms with E-state index in [9.17, 15) is 24.3 Å². The number of aromatic amines is 1. The van der Waals surface area contributed by atoms with Crippen LogP contribution < -0.4 is 33.2 Å². The van der Waals surface area contributed by atoms with Gasteiger partial charge in [0.05, 0.1) is 6.04 Å². The van der Waals surface area contributed by atoms with Crippen molar-refractivity contribution in [2.45, 2.75) is 71.1 Å². The van der Waals surface area contributed by atoms with E-state index in [1.54, 1.807) is 33.9 Å². The molecule has 3 amide bonds. The molecule has 2 aromatic rings. The second-order valence-corrected chi connectivity index (χ2v) is 10.5. The number of nitrogens with one attached hydrogen (secondary N) is 4. The van der Waals surface area contributed by atoms with Crippen LogP contribution in [-0.4, -0.2) is 70.5 Å². The van der Waals surface area contributed by atoms with Crippen molar-refractivity contribution in [3.05, 3.63) is 36.0 Å². The number of H-pyrrole nitrogens is 1. The summed E-state index contributed by atoms with van der Waals surface area (Å²) in [5.74, 6) is -3.56. The molecule has 1 heterocycles. The quantitative estimate of drug-likeness (QED) is 0.0836. The highest BCUT2D eigenvalue weighted by Gasteiger charge is 2.32. The predicted molar refractivity (Wildman–Crippen MR) is 153 cm³/mol. The highest BCUT2D eigenvalue weighted by molar-refractivity contribution is 5.94. The van der Waals surface area contributed by atoms with Crippen LogP contribution in [0.15, 0.2) is 35.5 Å². The van der Waals surface area contributed by atoms with E-state index in [1.807, 2.05) is 24.3 Å². The number of para-hydroxylation sites is 1. The van der Waals surface area contributed by atoms with E-state index in [2.05, 4.69) is 25.9 Å². The van der Waals surface area contributed by atoms with Crippen LogP contribution in [0.2, 0.25) is 0 Å². The molecule has 0 aliphatic rings. The molecule has 0 fully saturated rings. The van der Waals surface area contributed by atoms with E-state index in [-0.39, 0.29) is 37.2 Å². The summed E-state index contributed by atoms with van der Waals surface area (Å²) in [7, 11) is 0. The predicted octanol–water partition coefficient (Wildman–Crippen LogP) is -0.0577. The second kappa shape index (κ2) is 14.9. The van der Waals surface area contributed by atoms with Crippen LogP contribution in [0.5, 0.6) is 0 Å². The summed E-state index contributed by atoms with van der Waals surface area (Å²) < 4.78 is 0. The third-order valence-electron chi connectivity index (χ3n) is 6.56. The number of aliphatic carboxylic acids is 1. The number of aliphatic imine (C=N–C) groups is 1. The van der Waals surface area contributed by atoms with Crippen LogP contribution in [-0.2, 0) is 25.6 Å². The normalized spacial score (nSPS) is 14.3. The lowest BCUT2D eigenvalue weighted by atomic mass is 9.99. The molecule has 0 saturated heterocycles. The first-order valence-corrected chi connectivity index (χ1v) is 13.3. The molecule has 1 aromatic carbocycles. The first kappa shape index (κ1) is 32.1. The fraction of sp³-hybridized carbons (Fsp3) is 0.519. The minimum atomic E-state index is -1.26. The molecular formula is C27H42N8O5. The average Bonchev–Trinajstić information content (AvgIpc) is 3.30. The largest absolute Gasteiger partial charge is 0.480 e. The molecule has 4 atom stereocenters. The van der Waals surface area contributed by atoms with Gasteiger partial charge in [-0.2, -0.15) is 0 Å². The van der Waals surface area contributed by atoms with Crippen LogP contribution in [0.3, 0.4) is 0 Å². The molecule has 4 unspecified atom stereocenters. The number of amides is 3. The molecule has 1 aromatic heterocycles. The zero-order chi connectivity index (χ0) is 30.0. The number of carbonyl (C=O) groups is 4. The molecule has 0 saturated carbocycles. The Hall–Kier alpha value is -4.13. The average molecular weight is 559 g/mol. The Balaban J connectivity index is 2.21. The van der Waals surface area contributed by atoms with Crippen molar-refractivity contribution in [1.29, 1.82) is 0 Å². The molecule has 11 N–H and O–H groups in total. The van der Waals surface area contributed by atoms with Gasteiger partial charge in [-0.05, 0) is 36.3 Å². The van der Waals surface area contributed by atoms with Crippen LogP contribution in [0.1, 0.15) is 46.1 Å². The number of fused-ring (bicyclic) bond motifs is 1. The topological polar surface area (TPSA) is 231 Å². The Bertz CT molecular complexity index is 1200. The smallest absolute Gasteiger partial charge is 0.326 e. The van der Waals surface area contributed by atoms with Gasteiger partial charge in [0.2, 0.25) is 17.7 Å². The number of nitrogens with two attached hydrogens (primary N) is 3. The van der Waals surface area contributed by atoms with Gasteiger partial charge in [-0.15, -0.1) is 0 Å². The molecule has 13 nitrogen and oxygen atoms in total. The molecule has 2 rings (SSSR count). The number of hydrogen-bond acceptors (Lipinski definition) is 6. The summed E-state index contributed by atoms with van der Waals surface area (Å²) >= 11 is 0. The SMILES string of the molecule is CC(C)C(N)C(=O)NC(C(=O)NC(CCCN=C(N)N)C(=O)NC(Cc1c[nH]c2ccccc12)C(=O)O)C(C)C. The first-order valence-electron chi connectivity index (χ1n) is 13.3. The second-order valence-electron chi connectivity index (χ2n) is 10.5. The van der Waals surface area contributed by atoms with Crippen LogP contribution in [0, 0.1) is 11.8 Å². The summed E-state index contributed by atoms with van der Waals surface area (Å²) in [4.78, 5) is 58.2. The van der Waals surface area contributed by atoms with E-state index in [1.165, 1.54) is 0 Å². The summed E-state index contributed by atoms with van der Waals surface area (Å²) in [5.41, 5.74) is 18.3. The number of benzene rings is 1. The molecule has 0 bridgehead atoms. The number of carboxylic acids is 1. The van der Waals surface area contributed by atoms with E-state index in [0.29, 0.717) is 6.42 Å². The first-order chi connectivity index (χ1) is 18.8. The number of aromatic nitrogens is 1. The Labute approximate surface area is 233 Å². The third kappa shape index (κ3) is 9.26. The van der Waals surface area contributed by atoms with Crippen LogP contribution in [0.25, 0.3) is 10.9 Å². The number of guanidine groups is 1. The van der Waals surface area contributed by atoms with Crippen molar-refractivity contribution in [2.75, 3.05) is 6.54 Å². The van der Waals surface area contributed by atoms with Gasteiger partial charge >= 0.3 is 5.97 Å². The van der Waals surface area contributed by atoms with Crippen molar-refractivity contribution < 1.29 is 24.3 Å². The fourth-order valence-electron chi connectivity index (χ4n) is 4.11. The van der Waals surface area contributed by atoms with Gasteiger partial charge in [-0.1, -0.05) is 45.9 Å². The highest BCUT2D eigenvalue weighted by atomic mass is 16.4. The minimum Gasteiger partial charge on any atom is -0.480 e. The highest BCUT2D eigenvalue weighted by Crippen LogP contribution is 2.19. The molecule has 0 aliphatic carbocycles. The van der Waals surface area contributed by atoms with E-state index < -0.39 is 47.9 Å². The molecular weight excluding hydrogens is 516 g/mol. The molecule has 0 aliphatic heterocycles. The van der Waals surface area contributed by atoms with Gasteiger partial charge in [-0.3, -0.25) is 19.4 Å². The van der Waals surface area contributed by atoms with E-state index in [0.717, 1.165) is 16.5 Å². The van der Waals surface area contributed by atoms with Crippen LogP contribution >= 0.6 is 0 Å². The lowest BCUT2D eigenvalue weighted by Crippen LogP contribution is -2.59. The minimum absolute atomic E-state index is 0.0253. The monoisotopic (exact) mass is 558 g/mol. The van der Waals surface area contributed by atoms with Gasteiger partial charge < -0.3 is 43.2 Å². The van der Waals surface area contributed by atoms with Crippen molar-refractivity contribution in [2.24, 2.45) is 34.0 Å². The lowest BCUT2D eigenvalue weighted by Gasteiger charge is -2.27. The molecule has 0 radical (unpaired) electrons. The zero-order valence-electron chi connectivity index (χ0n) is 23.4. The number of nitrogens with zero attached hydrogens (tertiary/aromatic N) is 1. The van der Waals surface area contributed by atoms with Gasteiger partial charge in [0.1, 0.15) is 18.1 Å². The molecule has 220 valence electrons. The summed E-state index contributed by atoms with van der Waals surface area (Å²) in [6.45, 7) is 7.29. The van der Waals surface area contributed by atoms with Crippen molar-refractivity contribution in [3.8, 4) is 0 Å². The maximum Gasteiger partial charge on any atom is 0.326 e. The Morgan fingerprint density at radius 2 is 1.57 bits per heavy atom. The van der Waals surface area contributed by atoms with Gasteiger partial charge in [-0.25, -0.2) is 4.79 Å². The zero-order valence-corrected chi connectivity index (χ0v) is 23.4. The summed E-state index contributed by atoms with van der Waals surface area (Å²) in [6, 6.07) is 3.29. The van der Waals surface area contributed by atoms with Crippen LogP contribution in [0.4, 0.5) is 0 Å². The van der Waals surface area contributed by atoms with Gasteiger partial charge in [0.15, 0.2) is 5.96 Å². The Morgan fingerprint density at radius 3 is 2.17 bits per heavy atom. The number of carbonyl (C=O) groups excluding carboxylic acids is 3. The molecule has 40 heavy (non-hydrogen) atoms. The standard InChI is InChI=1S/C27H42N8O5/c1-14(2)21(28)24(37)35-22(15(3)4)25(38)33-19(10-7-11-31-27(29)30)23(36)34-20(26(39)40)12-16-13-32-18-9-6-5-8-17(16)18/h5-6,8-9,13-15,19-22,32H,7,10-12,28H2,1-4H3,(H,33,38)(H,34,36)(H,35,37)(H,39,40)(H4,29,30,31).